The summed E-state index contributed by atoms with van der Waals surface area (Å²) in [6, 6.07) is 4.85. The summed E-state index contributed by atoms with van der Waals surface area (Å²) in [7, 11) is 1.78. The van der Waals surface area contributed by atoms with E-state index < -0.39 is 6.55 Å². The molecule has 2 amide bonds. The molecule has 8 heteroatoms. The molecule has 22 heavy (non-hydrogen) atoms. The maximum Gasteiger partial charge on any atom is 0.333 e. The van der Waals surface area contributed by atoms with E-state index >= 15 is 0 Å². The second kappa shape index (κ2) is 6.12. The summed E-state index contributed by atoms with van der Waals surface area (Å²) >= 11 is 1.84. The summed E-state index contributed by atoms with van der Waals surface area (Å²) in [5.41, 5.74) is 0.914. The van der Waals surface area contributed by atoms with E-state index in [-0.39, 0.29) is 12.1 Å². The van der Waals surface area contributed by atoms with Gasteiger partial charge in [0.05, 0.1) is 11.7 Å². The number of hydrogen-bond donors (Lipinski definition) is 1. The molecule has 1 aliphatic rings. The van der Waals surface area contributed by atoms with Crippen molar-refractivity contribution in [2.75, 3.05) is 23.9 Å². The minimum atomic E-state index is -2.68. The highest BCUT2D eigenvalue weighted by atomic mass is 32.2. The first-order valence-corrected chi connectivity index (χ1v) is 8.08. The summed E-state index contributed by atoms with van der Waals surface area (Å²) in [5, 5.41) is 7.02. The maximum absolute atomic E-state index is 12.7. The van der Waals surface area contributed by atoms with Crippen LogP contribution in [0.3, 0.4) is 0 Å². The fraction of sp³-hybridized carbons (Fsp3) is 0.429. The van der Waals surface area contributed by atoms with Crippen LogP contribution in [-0.4, -0.2) is 45.3 Å². The number of benzene rings is 1. The largest absolute Gasteiger partial charge is 0.333 e. The summed E-state index contributed by atoms with van der Waals surface area (Å²) < 4.78 is 26.1. The average Bonchev–Trinajstić information content (AvgIpc) is 3.15. The van der Waals surface area contributed by atoms with Crippen molar-refractivity contribution >= 4 is 34.4 Å². The number of urea groups is 1. The predicted molar refractivity (Wildman–Crippen MR) is 83.5 cm³/mol. The lowest BCUT2D eigenvalue weighted by Gasteiger charge is -2.24. The topological polar surface area (TPSA) is 50.2 Å². The Bertz CT molecular complexity index is 685. The number of amides is 2. The van der Waals surface area contributed by atoms with Crippen LogP contribution in [-0.2, 0) is 0 Å². The molecule has 5 nitrogen and oxygen atoms in total. The molecule has 1 fully saturated rings. The average molecular weight is 326 g/mol. The van der Waals surface area contributed by atoms with Crippen molar-refractivity contribution in [2.24, 2.45) is 0 Å². The zero-order valence-corrected chi connectivity index (χ0v) is 12.8. The second-order valence-corrected chi connectivity index (χ2v) is 6.35. The summed E-state index contributed by atoms with van der Waals surface area (Å²) in [6.07, 6.45) is 2.36. The number of aromatic nitrogens is 2. The Hall–Kier alpha value is -1.83. The van der Waals surface area contributed by atoms with Crippen LogP contribution in [0.5, 0.6) is 0 Å². The van der Waals surface area contributed by atoms with Gasteiger partial charge in [0, 0.05) is 29.9 Å². The Morgan fingerprint density at radius 2 is 2.36 bits per heavy atom. The van der Waals surface area contributed by atoms with Gasteiger partial charge in [-0.1, -0.05) is 0 Å². The highest BCUT2D eigenvalue weighted by Crippen LogP contribution is 2.24. The van der Waals surface area contributed by atoms with Crippen molar-refractivity contribution in [3.05, 3.63) is 24.4 Å². The van der Waals surface area contributed by atoms with Crippen molar-refractivity contribution in [1.29, 1.82) is 0 Å². The molecule has 1 N–H and O–H groups in total. The number of alkyl halides is 2. The molecule has 0 radical (unpaired) electrons. The minimum Gasteiger partial charge on any atom is -0.324 e. The number of thioether (sulfide) groups is 1. The van der Waals surface area contributed by atoms with Crippen molar-refractivity contribution in [3.63, 3.8) is 0 Å². The van der Waals surface area contributed by atoms with Crippen LogP contribution in [0.25, 0.3) is 10.9 Å². The number of fused-ring (bicyclic) bond motifs is 1. The molecule has 1 saturated heterocycles. The van der Waals surface area contributed by atoms with E-state index in [0.717, 1.165) is 17.9 Å². The lowest BCUT2D eigenvalue weighted by atomic mass is 10.2. The van der Waals surface area contributed by atoms with Crippen LogP contribution in [0.15, 0.2) is 24.4 Å². The Balaban J connectivity index is 1.75. The number of carbonyl (C=O) groups is 1. The third kappa shape index (κ3) is 2.87. The van der Waals surface area contributed by atoms with Gasteiger partial charge in [-0.2, -0.15) is 25.6 Å². The first kappa shape index (κ1) is 15.1. The number of carbonyl (C=O) groups excluding carboxylic acids is 1. The Morgan fingerprint density at radius 3 is 3.05 bits per heavy atom. The van der Waals surface area contributed by atoms with Gasteiger partial charge in [0.1, 0.15) is 0 Å². The van der Waals surface area contributed by atoms with E-state index in [0.29, 0.717) is 21.3 Å². The quantitative estimate of drug-likeness (QED) is 0.940. The Kier molecular flexibility index (Phi) is 4.19. The fourth-order valence-corrected chi connectivity index (χ4v) is 3.76. The van der Waals surface area contributed by atoms with Gasteiger partial charge in [0.2, 0.25) is 0 Å². The number of nitrogens with zero attached hydrogens (tertiary/aromatic N) is 3. The van der Waals surface area contributed by atoms with Gasteiger partial charge >= 0.3 is 12.6 Å². The zero-order valence-electron chi connectivity index (χ0n) is 12.0. The smallest absolute Gasteiger partial charge is 0.324 e. The minimum absolute atomic E-state index is 0.187. The predicted octanol–water partition coefficient (Wildman–Crippen LogP) is 3.40. The first-order chi connectivity index (χ1) is 10.6. The van der Waals surface area contributed by atoms with Gasteiger partial charge in [-0.15, -0.1) is 0 Å². The molecule has 0 saturated carbocycles. The summed E-state index contributed by atoms with van der Waals surface area (Å²) in [6.45, 7) is -2.68. The number of rotatable bonds is 3. The van der Waals surface area contributed by atoms with Gasteiger partial charge in [-0.3, -0.25) is 0 Å². The van der Waals surface area contributed by atoms with Crippen molar-refractivity contribution in [1.82, 2.24) is 14.7 Å². The first-order valence-electron chi connectivity index (χ1n) is 6.93. The van der Waals surface area contributed by atoms with E-state index in [1.807, 2.05) is 11.8 Å². The molecule has 1 aromatic carbocycles. The van der Waals surface area contributed by atoms with Gasteiger partial charge in [-0.25, -0.2) is 9.48 Å². The Labute approximate surface area is 130 Å². The molecule has 1 atom stereocenters. The normalized spacial score (nSPS) is 18.1. The molecule has 118 valence electrons. The van der Waals surface area contributed by atoms with Crippen LogP contribution < -0.4 is 5.32 Å². The fourth-order valence-electron chi connectivity index (χ4n) is 2.49. The SMILES string of the molecule is CN(C(=O)Nc1ccc2c(cnn2C(F)F)c1)[C@H]1CCSC1. The molecular formula is C14H16F2N4OS. The molecule has 2 heterocycles. The van der Waals surface area contributed by atoms with Gasteiger partial charge in [-0.05, 0) is 30.4 Å². The van der Waals surface area contributed by atoms with Gasteiger partial charge < -0.3 is 10.2 Å². The molecule has 0 bridgehead atoms. The molecule has 0 aliphatic carbocycles. The Morgan fingerprint density at radius 1 is 1.55 bits per heavy atom. The highest BCUT2D eigenvalue weighted by Gasteiger charge is 2.24. The molecule has 1 aromatic heterocycles. The zero-order chi connectivity index (χ0) is 15.7. The van der Waals surface area contributed by atoms with Gasteiger partial charge in [0.15, 0.2) is 0 Å². The molecule has 0 unspecified atom stereocenters. The van der Waals surface area contributed by atoms with Crippen molar-refractivity contribution < 1.29 is 13.6 Å². The monoisotopic (exact) mass is 326 g/mol. The van der Waals surface area contributed by atoms with Crippen LogP contribution in [0.4, 0.5) is 19.3 Å². The van der Waals surface area contributed by atoms with E-state index in [9.17, 15) is 13.6 Å². The van der Waals surface area contributed by atoms with Crippen LogP contribution in [0.1, 0.15) is 13.0 Å². The molecule has 3 rings (SSSR count). The lowest BCUT2D eigenvalue weighted by molar-refractivity contribution is 0.0615. The standard InChI is InChI=1S/C14H16F2N4OS/c1-19(11-4-5-22-8-11)14(21)18-10-2-3-12-9(6-10)7-17-20(12)13(15)16/h2-3,6-7,11,13H,4-5,8H2,1H3,(H,18,21)/t11-/m0/s1. The number of halogens is 2. The third-order valence-electron chi connectivity index (χ3n) is 3.81. The number of nitrogens with one attached hydrogen (secondary N) is 1. The number of anilines is 1. The summed E-state index contributed by atoms with van der Waals surface area (Å²) in [5.74, 6) is 2.02. The third-order valence-corrected chi connectivity index (χ3v) is 4.95. The molecule has 0 spiro atoms. The molecular weight excluding hydrogens is 310 g/mol. The highest BCUT2D eigenvalue weighted by molar-refractivity contribution is 7.99. The summed E-state index contributed by atoms with van der Waals surface area (Å²) in [4.78, 5) is 13.9. The maximum atomic E-state index is 12.7. The van der Waals surface area contributed by atoms with Crippen LogP contribution in [0.2, 0.25) is 0 Å². The van der Waals surface area contributed by atoms with E-state index in [4.69, 9.17) is 0 Å². The van der Waals surface area contributed by atoms with E-state index in [1.165, 1.54) is 12.3 Å². The second-order valence-electron chi connectivity index (χ2n) is 5.20. The van der Waals surface area contributed by atoms with E-state index in [1.54, 1.807) is 24.1 Å². The van der Waals surface area contributed by atoms with E-state index in [2.05, 4.69) is 10.4 Å². The van der Waals surface area contributed by atoms with Crippen LogP contribution >= 0.6 is 11.8 Å². The molecule has 2 aromatic rings. The van der Waals surface area contributed by atoms with Crippen molar-refractivity contribution in [3.8, 4) is 0 Å². The van der Waals surface area contributed by atoms with Crippen molar-refractivity contribution in [2.45, 2.75) is 19.0 Å². The van der Waals surface area contributed by atoms with Crippen LogP contribution in [0, 0.1) is 0 Å². The number of hydrogen-bond acceptors (Lipinski definition) is 3. The van der Waals surface area contributed by atoms with Gasteiger partial charge in [0.25, 0.3) is 0 Å². The lowest BCUT2D eigenvalue weighted by Crippen LogP contribution is -2.39. The molecule has 1 aliphatic heterocycles.